The summed E-state index contributed by atoms with van der Waals surface area (Å²) in [6.45, 7) is 5.75. The van der Waals surface area contributed by atoms with Crippen LogP contribution < -0.4 is 4.90 Å². The van der Waals surface area contributed by atoms with Crippen LogP contribution in [0.15, 0.2) is 18.2 Å². The number of carbonyl (C=O) groups is 1. The van der Waals surface area contributed by atoms with E-state index in [-0.39, 0.29) is 12.0 Å². The molecule has 2 saturated heterocycles. The summed E-state index contributed by atoms with van der Waals surface area (Å²) in [5.41, 5.74) is 2.07. The molecule has 2 aromatic rings. The first kappa shape index (κ1) is 21.7. The molecular weight excluding hydrogens is 422 g/mol. The van der Waals surface area contributed by atoms with Gasteiger partial charge in [-0.25, -0.2) is 13.4 Å². The van der Waals surface area contributed by atoms with Crippen molar-refractivity contribution < 1.29 is 17.9 Å². The van der Waals surface area contributed by atoms with E-state index in [1.54, 1.807) is 4.90 Å². The molecule has 0 N–H and O–H groups in total. The summed E-state index contributed by atoms with van der Waals surface area (Å²) in [5, 5.41) is 0.624. The molecule has 2 aliphatic heterocycles. The van der Waals surface area contributed by atoms with Crippen LogP contribution in [0.3, 0.4) is 0 Å². The Bertz CT molecular complexity index is 1030. The van der Waals surface area contributed by atoms with Crippen LogP contribution in [-0.2, 0) is 19.6 Å². The van der Waals surface area contributed by atoms with E-state index in [4.69, 9.17) is 9.72 Å². The molecule has 4 rings (SSSR count). The molecule has 2 aliphatic rings. The normalized spacial score (nSPS) is 22.9. The van der Waals surface area contributed by atoms with Crippen molar-refractivity contribution in [1.82, 2.24) is 9.29 Å². The summed E-state index contributed by atoms with van der Waals surface area (Å²) >= 11 is 1.49. The molecular formula is C21H29N3O4S2. The van der Waals surface area contributed by atoms with Crippen molar-refractivity contribution in [3.8, 4) is 0 Å². The monoisotopic (exact) mass is 451 g/mol. The molecule has 3 heterocycles. The largest absolute Gasteiger partial charge is 0.376 e. The van der Waals surface area contributed by atoms with E-state index in [2.05, 4.69) is 19.9 Å². The summed E-state index contributed by atoms with van der Waals surface area (Å²) in [4.78, 5) is 20.2. The molecule has 0 aliphatic carbocycles. The lowest BCUT2D eigenvalue weighted by atomic mass is 10.0. The fourth-order valence-corrected chi connectivity index (χ4v) is 6.49. The van der Waals surface area contributed by atoms with Gasteiger partial charge in [-0.2, -0.15) is 4.31 Å². The minimum atomic E-state index is -3.44. The molecule has 0 spiro atoms. The smallest absolute Gasteiger partial charge is 0.247 e. The van der Waals surface area contributed by atoms with Crippen LogP contribution in [0.5, 0.6) is 0 Å². The molecule has 9 heteroatoms. The van der Waals surface area contributed by atoms with E-state index < -0.39 is 16.1 Å². The second-order valence-electron chi connectivity index (χ2n) is 8.46. The minimum Gasteiger partial charge on any atom is -0.376 e. The summed E-state index contributed by atoms with van der Waals surface area (Å²) < 4.78 is 32.6. The first-order chi connectivity index (χ1) is 14.3. The van der Waals surface area contributed by atoms with Gasteiger partial charge in [0.2, 0.25) is 15.9 Å². The number of hydrogen-bond acceptors (Lipinski definition) is 6. The van der Waals surface area contributed by atoms with Crippen LogP contribution in [-0.4, -0.2) is 61.7 Å². The maximum atomic E-state index is 13.6. The zero-order valence-corrected chi connectivity index (χ0v) is 19.3. The lowest BCUT2D eigenvalue weighted by Gasteiger charge is -2.29. The van der Waals surface area contributed by atoms with Gasteiger partial charge in [-0.3, -0.25) is 9.69 Å². The van der Waals surface area contributed by atoms with E-state index in [1.165, 1.54) is 21.9 Å². The van der Waals surface area contributed by atoms with Gasteiger partial charge in [0.05, 0.1) is 29.1 Å². The Labute approximate surface area is 182 Å². The fraction of sp³-hybridized carbons (Fsp3) is 0.619. The highest BCUT2D eigenvalue weighted by molar-refractivity contribution is 7.88. The predicted octanol–water partition coefficient (Wildman–Crippen LogP) is 3.36. The SMILES string of the molecule is CC(C)c1cccc2sc(N(CC3CCCO3)C(=O)C3CCCN3S(C)(=O)=O)nc12. The van der Waals surface area contributed by atoms with Gasteiger partial charge in [0.25, 0.3) is 0 Å². The topological polar surface area (TPSA) is 79.8 Å². The van der Waals surface area contributed by atoms with Gasteiger partial charge in [0, 0.05) is 13.2 Å². The van der Waals surface area contributed by atoms with Gasteiger partial charge in [-0.15, -0.1) is 0 Å². The number of aromatic nitrogens is 1. The highest BCUT2D eigenvalue weighted by atomic mass is 32.2. The number of sulfonamides is 1. The summed E-state index contributed by atoms with van der Waals surface area (Å²) in [6, 6.07) is 5.45. The number of carbonyl (C=O) groups excluding carboxylic acids is 1. The van der Waals surface area contributed by atoms with Crippen molar-refractivity contribution in [1.29, 1.82) is 0 Å². The third-order valence-electron chi connectivity index (χ3n) is 5.88. The van der Waals surface area contributed by atoms with Crippen molar-refractivity contribution in [3.05, 3.63) is 23.8 Å². The van der Waals surface area contributed by atoms with Crippen LogP contribution in [0.2, 0.25) is 0 Å². The Balaban J connectivity index is 1.72. The number of hydrogen-bond donors (Lipinski definition) is 0. The number of fused-ring (bicyclic) bond motifs is 1. The Morgan fingerprint density at radius 3 is 2.80 bits per heavy atom. The first-order valence-electron chi connectivity index (χ1n) is 10.5. The minimum absolute atomic E-state index is 0.0429. The van der Waals surface area contributed by atoms with Crippen molar-refractivity contribution in [2.75, 3.05) is 30.9 Å². The quantitative estimate of drug-likeness (QED) is 0.673. The molecule has 2 unspecified atom stereocenters. The number of para-hydroxylation sites is 1. The molecule has 1 aromatic carbocycles. The molecule has 7 nitrogen and oxygen atoms in total. The van der Waals surface area contributed by atoms with Gasteiger partial charge < -0.3 is 4.74 Å². The molecule has 2 fully saturated rings. The number of rotatable bonds is 6. The molecule has 0 radical (unpaired) electrons. The number of amides is 1. The molecule has 0 bridgehead atoms. The van der Waals surface area contributed by atoms with Crippen molar-refractivity contribution in [3.63, 3.8) is 0 Å². The third kappa shape index (κ3) is 4.26. The summed E-state index contributed by atoms with van der Waals surface area (Å²) in [5.74, 6) is 0.125. The molecule has 2 atom stereocenters. The van der Waals surface area contributed by atoms with Crippen molar-refractivity contribution in [2.45, 2.75) is 57.6 Å². The molecule has 1 amide bonds. The lowest BCUT2D eigenvalue weighted by Crippen LogP contribution is -2.49. The van der Waals surface area contributed by atoms with Crippen LogP contribution in [0.4, 0.5) is 5.13 Å². The molecule has 0 saturated carbocycles. The zero-order chi connectivity index (χ0) is 21.5. The third-order valence-corrected chi connectivity index (χ3v) is 8.22. The van der Waals surface area contributed by atoms with E-state index in [1.807, 2.05) is 12.1 Å². The standard InChI is InChI=1S/C21H29N3O4S2/c1-14(2)16-8-4-10-18-19(16)22-21(29-18)23(13-15-7-6-12-28-15)20(25)17-9-5-11-24(17)30(3,26)27/h4,8,10,14-15,17H,5-7,9,11-13H2,1-3H3. The van der Waals surface area contributed by atoms with E-state index in [0.29, 0.717) is 43.6 Å². The fourth-order valence-electron chi connectivity index (χ4n) is 4.36. The van der Waals surface area contributed by atoms with E-state index in [0.717, 1.165) is 28.6 Å². The molecule has 1 aromatic heterocycles. The number of nitrogens with zero attached hydrogens (tertiary/aromatic N) is 3. The Morgan fingerprint density at radius 1 is 1.33 bits per heavy atom. The zero-order valence-electron chi connectivity index (χ0n) is 17.7. The Hall–Kier alpha value is -1.55. The second-order valence-corrected chi connectivity index (χ2v) is 11.4. The predicted molar refractivity (Wildman–Crippen MR) is 120 cm³/mol. The summed E-state index contributed by atoms with van der Waals surface area (Å²) in [6.07, 6.45) is 4.23. The van der Waals surface area contributed by atoms with Gasteiger partial charge >= 0.3 is 0 Å². The highest BCUT2D eigenvalue weighted by Gasteiger charge is 2.40. The Kier molecular flexibility index (Phi) is 6.16. The average Bonchev–Trinajstić information content (AvgIpc) is 3.44. The van der Waals surface area contributed by atoms with Crippen molar-refractivity contribution >= 4 is 42.6 Å². The summed E-state index contributed by atoms with van der Waals surface area (Å²) in [7, 11) is -3.44. The maximum Gasteiger partial charge on any atom is 0.247 e. The van der Waals surface area contributed by atoms with E-state index >= 15 is 0 Å². The lowest BCUT2D eigenvalue weighted by molar-refractivity contribution is -0.122. The average molecular weight is 452 g/mol. The van der Waals surface area contributed by atoms with Gasteiger partial charge in [-0.1, -0.05) is 37.3 Å². The van der Waals surface area contributed by atoms with Gasteiger partial charge in [0.15, 0.2) is 5.13 Å². The van der Waals surface area contributed by atoms with Gasteiger partial charge in [-0.05, 0) is 43.2 Å². The van der Waals surface area contributed by atoms with Crippen molar-refractivity contribution in [2.24, 2.45) is 0 Å². The number of benzene rings is 1. The van der Waals surface area contributed by atoms with Crippen LogP contribution in [0, 0.1) is 0 Å². The Morgan fingerprint density at radius 2 is 2.13 bits per heavy atom. The van der Waals surface area contributed by atoms with Crippen LogP contribution in [0.1, 0.15) is 51.0 Å². The van der Waals surface area contributed by atoms with Crippen LogP contribution >= 0.6 is 11.3 Å². The number of thiazole rings is 1. The van der Waals surface area contributed by atoms with Gasteiger partial charge in [0.1, 0.15) is 6.04 Å². The number of anilines is 1. The molecule has 164 valence electrons. The first-order valence-corrected chi connectivity index (χ1v) is 13.2. The second kappa shape index (κ2) is 8.53. The van der Waals surface area contributed by atoms with Crippen LogP contribution in [0.25, 0.3) is 10.2 Å². The number of ether oxygens (including phenoxy) is 1. The highest BCUT2D eigenvalue weighted by Crippen LogP contribution is 2.35. The maximum absolute atomic E-state index is 13.6. The molecule has 30 heavy (non-hydrogen) atoms. The van der Waals surface area contributed by atoms with E-state index in [9.17, 15) is 13.2 Å².